The van der Waals surface area contributed by atoms with E-state index in [-0.39, 0.29) is 17.3 Å². The van der Waals surface area contributed by atoms with Gasteiger partial charge in [-0.25, -0.2) is 4.98 Å². The standard InChI is InChI=1S/C28H25N3O2S/c1-18(2)17-31-27(33)21-13-7-9-15-24(21)30-28(31)34-26(19-10-4-3-5-11-19)25(32)22-16-29-23-14-8-6-12-20(22)23/h3-16,18,26,29H,17H2,1-2H3. The van der Waals surface area contributed by atoms with Crippen molar-refractivity contribution in [2.75, 3.05) is 0 Å². The van der Waals surface area contributed by atoms with Gasteiger partial charge in [-0.1, -0.05) is 86.3 Å². The lowest BCUT2D eigenvalue weighted by Crippen LogP contribution is -2.26. The van der Waals surface area contributed by atoms with E-state index < -0.39 is 5.25 Å². The lowest BCUT2D eigenvalue weighted by Gasteiger charge is -2.20. The highest BCUT2D eigenvalue weighted by Crippen LogP contribution is 2.38. The first-order chi connectivity index (χ1) is 16.5. The predicted molar refractivity (Wildman–Crippen MR) is 139 cm³/mol. The van der Waals surface area contributed by atoms with E-state index in [1.54, 1.807) is 10.8 Å². The number of hydrogen-bond donors (Lipinski definition) is 1. The number of carbonyl (C=O) groups is 1. The molecule has 1 unspecified atom stereocenters. The first-order valence-electron chi connectivity index (χ1n) is 11.3. The Labute approximate surface area is 201 Å². The van der Waals surface area contributed by atoms with Crippen LogP contribution in [0.2, 0.25) is 0 Å². The maximum atomic E-state index is 14.0. The van der Waals surface area contributed by atoms with Crippen LogP contribution >= 0.6 is 11.8 Å². The molecule has 1 N–H and O–H groups in total. The van der Waals surface area contributed by atoms with Crippen LogP contribution in [0.25, 0.3) is 21.8 Å². The van der Waals surface area contributed by atoms with E-state index in [9.17, 15) is 9.59 Å². The van der Waals surface area contributed by atoms with Gasteiger partial charge in [0.05, 0.1) is 10.9 Å². The van der Waals surface area contributed by atoms with Crippen LogP contribution in [0.5, 0.6) is 0 Å². The summed E-state index contributed by atoms with van der Waals surface area (Å²) in [7, 11) is 0. The molecule has 0 amide bonds. The zero-order valence-electron chi connectivity index (χ0n) is 19.1. The molecule has 0 aliphatic heterocycles. The van der Waals surface area contributed by atoms with Gasteiger partial charge in [0.15, 0.2) is 10.9 Å². The summed E-state index contributed by atoms with van der Waals surface area (Å²) in [5.41, 5.74) is 2.99. The zero-order valence-corrected chi connectivity index (χ0v) is 19.9. The second-order valence-electron chi connectivity index (χ2n) is 8.74. The van der Waals surface area contributed by atoms with Crippen molar-refractivity contribution in [3.05, 3.63) is 107 Å². The number of nitrogens with one attached hydrogen (secondary N) is 1. The molecule has 1 atom stereocenters. The molecule has 0 saturated heterocycles. The van der Waals surface area contributed by atoms with Crippen LogP contribution in [0.4, 0.5) is 0 Å². The second kappa shape index (κ2) is 9.31. The largest absolute Gasteiger partial charge is 0.360 e. The van der Waals surface area contributed by atoms with Gasteiger partial charge in [-0.2, -0.15) is 0 Å². The normalized spacial score (nSPS) is 12.4. The van der Waals surface area contributed by atoms with Crippen molar-refractivity contribution in [3.63, 3.8) is 0 Å². The van der Waals surface area contributed by atoms with Gasteiger partial charge in [0.2, 0.25) is 0 Å². The maximum absolute atomic E-state index is 14.0. The molecule has 0 bridgehead atoms. The molecule has 0 aliphatic rings. The lowest BCUT2D eigenvalue weighted by molar-refractivity contribution is 0.0991. The first-order valence-corrected chi connectivity index (χ1v) is 12.2. The Balaban J connectivity index is 1.65. The van der Waals surface area contributed by atoms with Gasteiger partial charge in [0.1, 0.15) is 5.25 Å². The first kappa shape index (κ1) is 22.2. The highest BCUT2D eigenvalue weighted by Gasteiger charge is 2.28. The van der Waals surface area contributed by atoms with Gasteiger partial charge < -0.3 is 4.98 Å². The van der Waals surface area contributed by atoms with Crippen LogP contribution in [-0.2, 0) is 6.54 Å². The number of aromatic nitrogens is 3. The summed E-state index contributed by atoms with van der Waals surface area (Å²) in [5, 5.41) is 1.48. The fourth-order valence-corrected chi connectivity index (χ4v) is 5.36. The van der Waals surface area contributed by atoms with E-state index >= 15 is 0 Å². The molecule has 0 aliphatic carbocycles. The van der Waals surface area contributed by atoms with Crippen LogP contribution in [0, 0.1) is 5.92 Å². The molecule has 0 fully saturated rings. The fraction of sp³-hybridized carbons (Fsp3) is 0.179. The zero-order chi connectivity index (χ0) is 23.7. The molecule has 0 spiro atoms. The molecule has 6 heteroatoms. The quantitative estimate of drug-likeness (QED) is 0.174. The van der Waals surface area contributed by atoms with Crippen molar-refractivity contribution in [2.24, 2.45) is 5.92 Å². The molecule has 0 saturated carbocycles. The summed E-state index contributed by atoms with van der Waals surface area (Å²) < 4.78 is 1.72. The molecule has 5 aromatic rings. The van der Waals surface area contributed by atoms with E-state index in [4.69, 9.17) is 4.98 Å². The minimum Gasteiger partial charge on any atom is -0.360 e. The van der Waals surface area contributed by atoms with Crippen molar-refractivity contribution in [1.82, 2.24) is 14.5 Å². The van der Waals surface area contributed by atoms with Crippen LogP contribution < -0.4 is 5.56 Å². The van der Waals surface area contributed by atoms with E-state index in [0.29, 0.717) is 28.2 Å². The highest BCUT2D eigenvalue weighted by molar-refractivity contribution is 8.00. The summed E-state index contributed by atoms with van der Waals surface area (Å²) in [6.07, 6.45) is 1.78. The van der Waals surface area contributed by atoms with E-state index in [0.717, 1.165) is 16.5 Å². The van der Waals surface area contributed by atoms with Gasteiger partial charge in [0.25, 0.3) is 5.56 Å². The number of hydrogen-bond acceptors (Lipinski definition) is 4. The number of benzene rings is 3. The number of thioether (sulfide) groups is 1. The number of rotatable bonds is 7. The Kier molecular flexibility index (Phi) is 6.07. The van der Waals surface area contributed by atoms with Gasteiger partial charge in [-0.05, 0) is 29.7 Å². The number of carbonyl (C=O) groups excluding carboxylic acids is 1. The molecule has 0 radical (unpaired) electrons. The fourth-order valence-electron chi connectivity index (χ4n) is 4.19. The number of aromatic amines is 1. The third-order valence-electron chi connectivity index (χ3n) is 5.79. The lowest BCUT2D eigenvalue weighted by atomic mass is 10.0. The number of H-pyrrole nitrogens is 1. The third-order valence-corrected chi connectivity index (χ3v) is 7.04. The molecule has 170 valence electrons. The summed E-state index contributed by atoms with van der Waals surface area (Å²) in [4.78, 5) is 35.4. The Morgan fingerprint density at radius 1 is 0.941 bits per heavy atom. The number of nitrogens with zero attached hydrogens (tertiary/aromatic N) is 2. The maximum Gasteiger partial charge on any atom is 0.262 e. The molecule has 2 heterocycles. The number of ketones is 1. The van der Waals surface area contributed by atoms with E-state index in [1.165, 1.54) is 11.8 Å². The number of fused-ring (bicyclic) bond motifs is 2. The molecule has 5 rings (SSSR count). The van der Waals surface area contributed by atoms with Gasteiger partial charge in [-0.3, -0.25) is 14.2 Å². The van der Waals surface area contributed by atoms with Crippen LogP contribution in [0.15, 0.2) is 95.0 Å². The summed E-state index contributed by atoms with van der Waals surface area (Å²) in [6.45, 7) is 4.67. The van der Waals surface area contributed by atoms with Crippen molar-refractivity contribution < 1.29 is 4.79 Å². The second-order valence-corrected chi connectivity index (χ2v) is 9.81. The highest BCUT2D eigenvalue weighted by atomic mass is 32.2. The summed E-state index contributed by atoms with van der Waals surface area (Å²) >= 11 is 1.34. The predicted octanol–water partition coefficient (Wildman–Crippen LogP) is 6.25. The molecule has 2 aromatic heterocycles. The van der Waals surface area contributed by atoms with Gasteiger partial charge >= 0.3 is 0 Å². The molecule has 5 nitrogen and oxygen atoms in total. The average molecular weight is 468 g/mol. The van der Waals surface area contributed by atoms with Crippen LogP contribution in [0.3, 0.4) is 0 Å². The molecule has 34 heavy (non-hydrogen) atoms. The summed E-state index contributed by atoms with van der Waals surface area (Å²) in [6, 6.07) is 24.9. The Morgan fingerprint density at radius 3 is 2.38 bits per heavy atom. The topological polar surface area (TPSA) is 67.8 Å². The third kappa shape index (κ3) is 4.17. The van der Waals surface area contributed by atoms with Crippen LogP contribution in [-0.4, -0.2) is 20.3 Å². The van der Waals surface area contributed by atoms with Gasteiger partial charge in [0, 0.05) is 29.2 Å². The van der Waals surface area contributed by atoms with Crippen molar-refractivity contribution in [1.29, 1.82) is 0 Å². The Morgan fingerprint density at radius 2 is 1.62 bits per heavy atom. The monoisotopic (exact) mass is 467 g/mol. The van der Waals surface area contributed by atoms with Crippen LogP contribution in [0.1, 0.15) is 35.0 Å². The molecular weight excluding hydrogens is 442 g/mol. The van der Waals surface area contributed by atoms with Crippen molar-refractivity contribution in [3.8, 4) is 0 Å². The minimum atomic E-state index is -0.549. The van der Waals surface area contributed by atoms with E-state index in [2.05, 4.69) is 18.8 Å². The average Bonchev–Trinajstić information content (AvgIpc) is 3.29. The van der Waals surface area contributed by atoms with Crippen molar-refractivity contribution in [2.45, 2.75) is 30.8 Å². The Hall–Kier alpha value is -3.64. The smallest absolute Gasteiger partial charge is 0.262 e. The minimum absolute atomic E-state index is 0.0212. The number of Topliss-reactive ketones (excluding diaryl/α,β-unsaturated/α-hetero) is 1. The van der Waals surface area contributed by atoms with Gasteiger partial charge in [-0.15, -0.1) is 0 Å². The Bertz CT molecular complexity index is 1540. The number of para-hydroxylation sites is 2. The molecule has 3 aromatic carbocycles. The van der Waals surface area contributed by atoms with E-state index in [1.807, 2.05) is 78.9 Å². The summed E-state index contributed by atoms with van der Waals surface area (Å²) in [5.74, 6) is 0.228. The molecular formula is C28H25N3O2S. The SMILES string of the molecule is CC(C)Cn1c(SC(C(=O)c2c[nH]c3ccccc23)c2ccccc2)nc2ccccc2c1=O. The van der Waals surface area contributed by atoms with Crippen molar-refractivity contribution >= 4 is 39.4 Å².